The maximum atomic E-state index is 8.73. The van der Waals surface area contributed by atoms with Crippen molar-refractivity contribution in [1.29, 1.82) is 5.26 Å². The second kappa shape index (κ2) is 9.50. The number of benzene rings is 2. The smallest absolute Gasteiger partial charge is 0.261 e. The molecule has 2 nitrogen and oxygen atoms in total. The van der Waals surface area contributed by atoms with Gasteiger partial charge in [-0.05, 0) is 21.8 Å². The molecular formula is C24H29NOSi. The molecule has 0 heterocycles. The number of allylic oxidation sites excluding steroid dienone is 1. The molecule has 1 unspecified atom stereocenters. The van der Waals surface area contributed by atoms with Crippen LogP contribution in [-0.2, 0) is 4.43 Å². The molecule has 0 saturated carbocycles. The van der Waals surface area contributed by atoms with Gasteiger partial charge in [0.05, 0.1) is 18.6 Å². The Balaban J connectivity index is 2.55. The predicted molar refractivity (Wildman–Crippen MR) is 117 cm³/mol. The minimum atomic E-state index is -2.57. The van der Waals surface area contributed by atoms with Crippen LogP contribution >= 0.6 is 0 Å². The van der Waals surface area contributed by atoms with E-state index >= 15 is 0 Å². The molecule has 3 heteroatoms. The molecule has 2 rings (SSSR count). The summed E-state index contributed by atoms with van der Waals surface area (Å²) in [4.78, 5) is 0. The Kier molecular flexibility index (Phi) is 7.35. The summed E-state index contributed by atoms with van der Waals surface area (Å²) in [6.07, 6.45) is 6.83. The highest BCUT2D eigenvalue weighted by atomic mass is 28.4. The largest absolute Gasteiger partial charge is 0.401 e. The average Bonchev–Trinajstić information content (AvgIpc) is 2.68. The van der Waals surface area contributed by atoms with Crippen LogP contribution in [0.4, 0.5) is 0 Å². The lowest BCUT2D eigenvalue weighted by molar-refractivity contribution is 0.236. The van der Waals surface area contributed by atoms with Crippen LogP contribution in [0, 0.1) is 11.3 Å². The first kappa shape index (κ1) is 20.9. The van der Waals surface area contributed by atoms with E-state index in [-0.39, 0.29) is 11.1 Å². The molecule has 0 N–H and O–H groups in total. The second-order valence-electron chi connectivity index (χ2n) is 7.62. The molecule has 0 radical (unpaired) electrons. The fourth-order valence-corrected chi connectivity index (χ4v) is 8.14. The number of nitrogens with zero attached hydrogens (tertiary/aromatic N) is 1. The molecule has 0 saturated heterocycles. The number of nitriles is 1. The summed E-state index contributed by atoms with van der Waals surface area (Å²) in [5.74, 6) is 0. The van der Waals surface area contributed by atoms with Crippen LogP contribution in [0.2, 0.25) is 5.04 Å². The maximum Gasteiger partial charge on any atom is 0.261 e. The van der Waals surface area contributed by atoms with Gasteiger partial charge in [-0.2, -0.15) is 5.26 Å². The summed E-state index contributed by atoms with van der Waals surface area (Å²) < 4.78 is 6.99. The van der Waals surface area contributed by atoms with Crippen molar-refractivity contribution in [1.82, 2.24) is 0 Å². The van der Waals surface area contributed by atoms with E-state index in [1.807, 2.05) is 30.4 Å². The second-order valence-corrected chi connectivity index (χ2v) is 11.9. The highest BCUT2D eigenvalue weighted by Crippen LogP contribution is 2.37. The third-order valence-corrected chi connectivity index (χ3v) is 9.81. The van der Waals surface area contributed by atoms with Gasteiger partial charge in [-0.25, -0.2) is 0 Å². The molecule has 0 aliphatic rings. The topological polar surface area (TPSA) is 33.0 Å². The van der Waals surface area contributed by atoms with Gasteiger partial charge in [0.2, 0.25) is 0 Å². The molecule has 0 aliphatic heterocycles. The van der Waals surface area contributed by atoms with E-state index in [4.69, 9.17) is 9.69 Å². The zero-order chi connectivity index (χ0) is 19.8. The lowest BCUT2D eigenvalue weighted by Crippen LogP contribution is -2.67. The summed E-state index contributed by atoms with van der Waals surface area (Å²) in [6.45, 7) is 10.8. The third kappa shape index (κ3) is 4.85. The van der Waals surface area contributed by atoms with E-state index in [9.17, 15) is 0 Å². The summed E-state index contributed by atoms with van der Waals surface area (Å²) in [6, 6.07) is 23.3. The van der Waals surface area contributed by atoms with Crippen LogP contribution in [0.25, 0.3) is 0 Å². The molecule has 0 bridgehead atoms. The van der Waals surface area contributed by atoms with Crippen molar-refractivity contribution in [3.8, 4) is 6.07 Å². The maximum absolute atomic E-state index is 8.73. The lowest BCUT2D eigenvalue weighted by Gasteiger charge is -2.44. The fraction of sp³-hybridized carbons (Fsp3) is 0.292. The highest BCUT2D eigenvalue weighted by molar-refractivity contribution is 6.99. The first-order valence-corrected chi connectivity index (χ1v) is 11.3. The molecule has 27 heavy (non-hydrogen) atoms. The molecule has 140 valence electrons. The Morgan fingerprint density at radius 3 is 1.93 bits per heavy atom. The summed E-state index contributed by atoms with van der Waals surface area (Å²) in [5.41, 5.74) is 0. The van der Waals surface area contributed by atoms with E-state index < -0.39 is 8.32 Å². The van der Waals surface area contributed by atoms with Crippen molar-refractivity contribution in [3.05, 3.63) is 85.5 Å². The van der Waals surface area contributed by atoms with Gasteiger partial charge in [0.15, 0.2) is 0 Å². The highest BCUT2D eigenvalue weighted by Gasteiger charge is 2.51. The molecule has 1 atom stereocenters. The summed E-state index contributed by atoms with van der Waals surface area (Å²) >= 11 is 0. The Morgan fingerprint density at radius 1 is 1.00 bits per heavy atom. The van der Waals surface area contributed by atoms with Crippen LogP contribution in [-0.4, -0.2) is 14.4 Å². The molecule has 0 amide bonds. The predicted octanol–water partition coefficient (Wildman–Crippen LogP) is 4.98. The number of rotatable bonds is 8. The zero-order valence-corrected chi connectivity index (χ0v) is 17.6. The Bertz CT molecular complexity index is 745. The Labute approximate surface area is 164 Å². The Morgan fingerprint density at radius 2 is 1.52 bits per heavy atom. The van der Waals surface area contributed by atoms with Crippen molar-refractivity contribution in [2.45, 2.75) is 44.8 Å². The first-order chi connectivity index (χ1) is 13.0. The lowest BCUT2D eigenvalue weighted by atomic mass is 10.2. The van der Waals surface area contributed by atoms with E-state index in [1.54, 1.807) is 0 Å². The van der Waals surface area contributed by atoms with Crippen molar-refractivity contribution >= 4 is 18.7 Å². The van der Waals surface area contributed by atoms with E-state index in [2.05, 4.69) is 82.0 Å². The van der Waals surface area contributed by atoms with Crippen molar-refractivity contribution in [3.63, 3.8) is 0 Å². The standard InChI is InChI=1S/C24H29NOSi/c1-5-21(15-9-8-14-20-25)26-27(24(2,3)4,22-16-10-6-11-17-22)23-18-12-7-13-19-23/h5-13,16-19,21H,1,14-15H2,2-4H3/b9-8+. The normalized spacial score (nSPS) is 13.3. The molecule has 0 fully saturated rings. The number of hydrogen-bond acceptors (Lipinski definition) is 2. The van der Waals surface area contributed by atoms with Crippen LogP contribution in [0.3, 0.4) is 0 Å². The molecule has 0 aromatic heterocycles. The van der Waals surface area contributed by atoms with Crippen molar-refractivity contribution in [2.75, 3.05) is 0 Å². The van der Waals surface area contributed by atoms with Gasteiger partial charge in [-0.15, -0.1) is 6.58 Å². The molecule has 0 aliphatic carbocycles. The Hall–Kier alpha value is -2.41. The molecule has 2 aromatic rings. The minimum Gasteiger partial charge on any atom is -0.401 e. The average molecular weight is 376 g/mol. The van der Waals surface area contributed by atoms with Crippen molar-refractivity contribution in [2.24, 2.45) is 0 Å². The van der Waals surface area contributed by atoms with Crippen LogP contribution in [0.15, 0.2) is 85.5 Å². The van der Waals surface area contributed by atoms with Crippen LogP contribution < -0.4 is 10.4 Å². The van der Waals surface area contributed by atoms with Crippen LogP contribution in [0.1, 0.15) is 33.6 Å². The number of hydrogen-bond donors (Lipinski definition) is 0. The van der Waals surface area contributed by atoms with Gasteiger partial charge >= 0.3 is 0 Å². The monoisotopic (exact) mass is 375 g/mol. The quantitative estimate of drug-likeness (QED) is 0.482. The van der Waals surface area contributed by atoms with E-state index in [1.165, 1.54) is 10.4 Å². The zero-order valence-electron chi connectivity index (χ0n) is 16.6. The van der Waals surface area contributed by atoms with Crippen molar-refractivity contribution < 1.29 is 4.43 Å². The van der Waals surface area contributed by atoms with Gasteiger partial charge in [0, 0.05) is 0 Å². The minimum absolute atomic E-state index is 0.0622. The van der Waals surface area contributed by atoms with Gasteiger partial charge in [0.1, 0.15) is 0 Å². The van der Waals surface area contributed by atoms with Gasteiger partial charge in [0.25, 0.3) is 8.32 Å². The van der Waals surface area contributed by atoms with Crippen LogP contribution in [0.5, 0.6) is 0 Å². The van der Waals surface area contributed by atoms with Gasteiger partial charge < -0.3 is 4.43 Å². The summed E-state index contributed by atoms with van der Waals surface area (Å²) in [7, 11) is -2.57. The van der Waals surface area contributed by atoms with E-state index in [0.717, 1.165) is 6.42 Å². The fourth-order valence-electron chi connectivity index (χ4n) is 3.48. The molecule has 0 spiro atoms. The molecular weight excluding hydrogens is 346 g/mol. The summed E-state index contributed by atoms with van der Waals surface area (Å²) in [5, 5.41) is 11.2. The third-order valence-electron chi connectivity index (χ3n) is 4.75. The van der Waals surface area contributed by atoms with E-state index in [0.29, 0.717) is 6.42 Å². The first-order valence-electron chi connectivity index (χ1n) is 9.39. The molecule has 2 aromatic carbocycles. The SMILES string of the molecule is C=CC(C/C=C/CC#N)O[Si](c1ccccc1)(c1ccccc1)C(C)(C)C. The van der Waals surface area contributed by atoms with Gasteiger partial charge in [-0.1, -0.05) is 99.7 Å². The van der Waals surface area contributed by atoms with Gasteiger partial charge in [-0.3, -0.25) is 0 Å².